The molecule has 1 amide bonds. The fourth-order valence-electron chi connectivity index (χ4n) is 1.70. The average Bonchev–Trinajstić information content (AvgIpc) is 2.44. The van der Waals surface area contributed by atoms with E-state index in [2.05, 4.69) is 0 Å². The van der Waals surface area contributed by atoms with E-state index in [1.807, 2.05) is 6.92 Å². The third-order valence-corrected chi connectivity index (χ3v) is 2.49. The second-order valence-corrected chi connectivity index (χ2v) is 3.82. The van der Waals surface area contributed by atoms with Crippen molar-refractivity contribution in [1.82, 2.24) is 4.90 Å². The summed E-state index contributed by atoms with van der Waals surface area (Å²) >= 11 is 0. The third-order valence-electron chi connectivity index (χ3n) is 2.49. The lowest BCUT2D eigenvalue weighted by molar-refractivity contribution is 0.159. The highest BCUT2D eigenvalue weighted by Crippen LogP contribution is 2.27. The predicted molar refractivity (Wildman–Crippen MR) is 62.9 cm³/mol. The first-order valence-corrected chi connectivity index (χ1v) is 5.03. The number of benzene rings is 1. The van der Waals surface area contributed by atoms with Gasteiger partial charge in [0.05, 0.1) is 12.6 Å². The van der Waals surface area contributed by atoms with E-state index in [9.17, 15) is 9.90 Å². The van der Waals surface area contributed by atoms with Crippen LogP contribution in [0, 0.1) is 5.92 Å². The van der Waals surface area contributed by atoms with E-state index in [4.69, 9.17) is 6.85 Å². The van der Waals surface area contributed by atoms with Gasteiger partial charge in [-0.2, -0.15) is 0 Å². The van der Waals surface area contributed by atoms with Crippen molar-refractivity contribution >= 4 is 11.8 Å². The topological polar surface area (TPSA) is 40.5 Å². The molecule has 0 unspecified atom stereocenters. The Labute approximate surface area is 102 Å². The molecule has 1 atom stereocenters. The summed E-state index contributed by atoms with van der Waals surface area (Å²) in [6, 6.07) is -2.17. The molecule has 3 nitrogen and oxygen atoms in total. The molecule has 3 heteroatoms. The van der Waals surface area contributed by atoms with Gasteiger partial charge in [0.25, 0.3) is 0 Å². The monoisotopic (exact) mass is 222 g/mol. The Hall–Kier alpha value is -1.77. The fourth-order valence-corrected chi connectivity index (χ4v) is 1.70. The second-order valence-electron chi connectivity index (χ2n) is 3.82. The van der Waals surface area contributed by atoms with Gasteiger partial charge in [-0.05, 0) is 17.9 Å². The van der Waals surface area contributed by atoms with Crippen LogP contribution in [0.25, 0.3) is 5.70 Å². The van der Waals surface area contributed by atoms with Crippen molar-refractivity contribution in [2.24, 2.45) is 5.92 Å². The fraction of sp³-hybridized carbons (Fsp3) is 0.308. The first-order valence-electron chi connectivity index (χ1n) is 7.53. The molecular formula is C13H15NO2. The first kappa shape index (κ1) is 6.09. The summed E-state index contributed by atoms with van der Waals surface area (Å²) in [7, 11) is 0. The zero-order valence-corrected chi connectivity index (χ0v) is 8.87. The Morgan fingerprint density at radius 1 is 1.50 bits per heavy atom. The molecule has 1 aliphatic heterocycles. The molecule has 1 aromatic rings. The van der Waals surface area contributed by atoms with Crippen LogP contribution >= 0.6 is 0 Å². The van der Waals surface area contributed by atoms with Gasteiger partial charge in [-0.15, -0.1) is 0 Å². The summed E-state index contributed by atoms with van der Waals surface area (Å²) in [5.74, 6) is 0.120. The van der Waals surface area contributed by atoms with E-state index in [0.717, 1.165) is 4.90 Å². The van der Waals surface area contributed by atoms with E-state index in [1.54, 1.807) is 6.08 Å². The lowest BCUT2D eigenvalue weighted by Gasteiger charge is -2.29. The molecule has 0 fully saturated rings. The molecule has 16 heavy (non-hydrogen) atoms. The molecule has 1 heterocycles. The van der Waals surface area contributed by atoms with E-state index in [-0.39, 0.29) is 35.8 Å². The SMILES string of the molecule is [2H]c1c([2H])c([2H])c(C2=CC[C@H](C)CN2C(=O)O)c([2H])c1[2H]. The first-order chi connectivity index (χ1) is 9.75. The number of amides is 1. The minimum Gasteiger partial charge on any atom is -0.465 e. The zero-order chi connectivity index (χ0) is 15.9. The van der Waals surface area contributed by atoms with Crippen molar-refractivity contribution in [3.8, 4) is 0 Å². The average molecular weight is 222 g/mol. The van der Waals surface area contributed by atoms with Crippen molar-refractivity contribution in [3.63, 3.8) is 0 Å². The molecule has 0 radical (unpaired) electrons. The van der Waals surface area contributed by atoms with Crippen LogP contribution in [0.5, 0.6) is 0 Å². The van der Waals surface area contributed by atoms with E-state index >= 15 is 0 Å². The molecule has 0 saturated carbocycles. The van der Waals surface area contributed by atoms with E-state index in [1.165, 1.54) is 0 Å². The maximum absolute atomic E-state index is 11.4. The van der Waals surface area contributed by atoms with Gasteiger partial charge in [0.15, 0.2) is 0 Å². The van der Waals surface area contributed by atoms with Crippen molar-refractivity contribution in [2.75, 3.05) is 6.54 Å². The molecule has 0 bridgehead atoms. The molecule has 1 aromatic carbocycles. The lowest BCUT2D eigenvalue weighted by atomic mass is 9.98. The number of allylic oxidation sites excluding steroid dienone is 1. The standard InChI is InChI=1S/C13H15NO2/c1-10-7-8-12(14(9-10)13(15)16)11-5-3-2-4-6-11/h2-6,8,10H,7,9H2,1H3,(H,15,16)/t10-/m0/s1/i2D,3D,4D,5D,6D. The van der Waals surface area contributed by atoms with Crippen LogP contribution in [0.4, 0.5) is 4.79 Å². The molecule has 0 aromatic heterocycles. The minimum atomic E-state index is -1.19. The number of hydrogen-bond acceptors (Lipinski definition) is 1. The highest BCUT2D eigenvalue weighted by atomic mass is 16.4. The molecular weight excluding hydrogens is 202 g/mol. The van der Waals surface area contributed by atoms with Gasteiger partial charge in [-0.1, -0.05) is 43.2 Å². The van der Waals surface area contributed by atoms with Crippen LogP contribution in [0.2, 0.25) is 0 Å². The van der Waals surface area contributed by atoms with Crippen molar-refractivity contribution in [3.05, 3.63) is 41.9 Å². The van der Waals surface area contributed by atoms with Crippen LogP contribution in [0.15, 0.2) is 36.3 Å². The third kappa shape index (κ3) is 2.08. The Bertz CT molecular complexity index is 615. The van der Waals surface area contributed by atoms with Crippen LogP contribution in [-0.4, -0.2) is 22.6 Å². The maximum atomic E-state index is 11.4. The number of carbonyl (C=O) groups is 1. The summed E-state index contributed by atoms with van der Waals surface area (Å²) in [5, 5.41) is 9.29. The smallest absolute Gasteiger partial charge is 0.411 e. The minimum absolute atomic E-state index is 0.0599. The number of hydrogen-bond donors (Lipinski definition) is 1. The molecule has 0 aliphatic carbocycles. The van der Waals surface area contributed by atoms with E-state index < -0.39 is 24.2 Å². The van der Waals surface area contributed by atoms with Crippen LogP contribution in [0.3, 0.4) is 0 Å². The molecule has 2 rings (SSSR count). The van der Waals surface area contributed by atoms with Crippen molar-refractivity contribution in [1.29, 1.82) is 0 Å². The van der Waals surface area contributed by atoms with Crippen LogP contribution in [-0.2, 0) is 0 Å². The highest BCUT2D eigenvalue weighted by molar-refractivity contribution is 5.81. The zero-order valence-electron chi connectivity index (χ0n) is 13.9. The number of nitrogens with zero attached hydrogens (tertiary/aromatic N) is 1. The molecule has 1 N–H and O–H groups in total. The Morgan fingerprint density at radius 3 is 2.81 bits per heavy atom. The second kappa shape index (κ2) is 4.39. The molecule has 0 saturated heterocycles. The normalized spacial score (nSPS) is 24.8. The summed E-state index contributed by atoms with van der Waals surface area (Å²) in [6.07, 6.45) is 1.02. The maximum Gasteiger partial charge on any atom is 0.411 e. The Balaban J connectivity index is 2.68. The largest absolute Gasteiger partial charge is 0.465 e. The molecule has 0 spiro atoms. The highest BCUT2D eigenvalue weighted by Gasteiger charge is 2.24. The predicted octanol–water partition coefficient (Wildman–Crippen LogP) is 3.05. The van der Waals surface area contributed by atoms with Crippen LogP contribution in [0.1, 0.15) is 25.8 Å². The van der Waals surface area contributed by atoms with Gasteiger partial charge in [-0.25, -0.2) is 4.79 Å². The number of rotatable bonds is 1. The summed E-state index contributed by atoms with van der Waals surface area (Å²) in [5.41, 5.74) is 0.105. The molecule has 1 aliphatic rings. The van der Waals surface area contributed by atoms with Gasteiger partial charge >= 0.3 is 6.09 Å². The van der Waals surface area contributed by atoms with Gasteiger partial charge in [0, 0.05) is 6.54 Å². The quantitative estimate of drug-likeness (QED) is 0.793. The number of carboxylic acid groups (broad SMARTS) is 1. The van der Waals surface area contributed by atoms with Gasteiger partial charge in [0.2, 0.25) is 0 Å². The Morgan fingerprint density at radius 2 is 2.19 bits per heavy atom. The lowest BCUT2D eigenvalue weighted by Crippen LogP contribution is -2.34. The van der Waals surface area contributed by atoms with E-state index in [0.29, 0.717) is 6.42 Å². The van der Waals surface area contributed by atoms with Gasteiger partial charge in [0.1, 0.15) is 0 Å². The van der Waals surface area contributed by atoms with Crippen molar-refractivity contribution in [2.45, 2.75) is 13.3 Å². The summed E-state index contributed by atoms with van der Waals surface area (Å²) in [4.78, 5) is 12.4. The summed E-state index contributed by atoms with van der Waals surface area (Å²) < 4.78 is 38.7. The summed E-state index contributed by atoms with van der Waals surface area (Å²) in [6.45, 7) is 2.13. The van der Waals surface area contributed by atoms with Gasteiger partial charge in [-0.3, -0.25) is 4.90 Å². The van der Waals surface area contributed by atoms with Gasteiger partial charge < -0.3 is 5.11 Å². The van der Waals surface area contributed by atoms with Crippen LogP contribution < -0.4 is 0 Å². The van der Waals surface area contributed by atoms with Crippen molar-refractivity contribution < 1.29 is 16.8 Å². The molecule has 84 valence electrons. The Kier molecular flexibility index (Phi) is 1.67.